The van der Waals surface area contributed by atoms with Gasteiger partial charge in [0.25, 0.3) is 0 Å². The van der Waals surface area contributed by atoms with Gasteiger partial charge in [-0.1, -0.05) is 636 Å². The molecule has 0 heterocycles. The van der Waals surface area contributed by atoms with Crippen molar-refractivity contribution in [3.63, 3.8) is 0 Å². The molecule has 6 rings (SSSR count). The average molecular weight is 2090 g/mol. The molecule has 2 atom stereocenters. The number of fused-ring (bicyclic) bond motifs is 1. The Bertz CT molecular complexity index is 3400. The van der Waals surface area contributed by atoms with Crippen LogP contribution in [-0.4, -0.2) is 39.8 Å². The van der Waals surface area contributed by atoms with E-state index in [1.54, 1.807) is 27.7 Å². The summed E-state index contributed by atoms with van der Waals surface area (Å²) in [5.41, 5.74) is 7.99. The minimum atomic E-state index is -0.741. The standard InChI is InChI=1S/C15H16.C13H14.C10H20.C9H11F.C9H12.C7H16.C6H14.C6H12.C6H10.C5H12O.C5H10O.8C5H12.C4H8O2.C4H10O.C4H10/c1-12(2)13-8-10-15(11-9-13)14-6-4-3-5-7-14;1-10(2)12-8-7-11-5-3-4-6-13(11)9-12;1-4-5-6-7-8-9-10(2)3;1-7(2)8-3-5-9(10)6-4-8;1-8(2)9-6-4-3-5-7-9;1-5-7(4)6(2)3;1-5(2)6(3)4;2*1-4-5-6(2)3;2*1-4(2)5(3)6;8*1-4-5(2)3;1-3(2)4(5)6;1-4(2)3-5;1-4(2)3/h3-12H,1-2H3;3-10H,1-2H3;8-10H,4-7H2,1-3H3;3-7H,1-2H3;3-8H,1-2H3;6-7H,5H2,1-4H3;5-6H,1-4H3;4-6H,1-3H3;1,6H,5H2,2-3H3;4-6H,1-3H3;4H,1-3H3;8*5H,4H2,1-3H3;3H,1-2H3,(H,5,6);4-5H,3H2,1-2H3;4H,1-3H3/b;;9-8+;;;;;5-4+;;;;;;;;;;;;;;. The van der Waals surface area contributed by atoms with Crippen LogP contribution in [0.1, 0.15) is 558 Å². The van der Waals surface area contributed by atoms with Gasteiger partial charge in [-0.05, 0) is 220 Å². The number of aliphatic carboxylic acids is 1. The van der Waals surface area contributed by atoms with Gasteiger partial charge < -0.3 is 15.3 Å². The highest BCUT2D eigenvalue weighted by Gasteiger charge is 2.06. The van der Waals surface area contributed by atoms with E-state index in [-0.39, 0.29) is 29.5 Å². The molecule has 0 spiro atoms. The van der Waals surface area contributed by atoms with E-state index < -0.39 is 5.97 Å². The largest absolute Gasteiger partial charge is 0.481 e. The molecule has 6 aromatic carbocycles. The van der Waals surface area contributed by atoms with Crippen molar-refractivity contribution in [2.45, 2.75) is 542 Å². The van der Waals surface area contributed by atoms with E-state index in [4.69, 9.17) is 21.7 Å². The van der Waals surface area contributed by atoms with E-state index in [0.717, 1.165) is 95.2 Å². The molecule has 0 amide bonds. The number of aliphatic hydroxyl groups excluding tert-OH is 2. The number of carbonyl (C=O) groups excluding carboxylic acids is 1. The van der Waals surface area contributed by atoms with E-state index in [9.17, 15) is 14.0 Å². The van der Waals surface area contributed by atoms with Crippen molar-refractivity contribution in [3.8, 4) is 23.5 Å². The predicted molar refractivity (Wildman–Crippen MR) is 693 cm³/mol. The lowest BCUT2D eigenvalue weighted by atomic mass is 9.96. The van der Waals surface area contributed by atoms with Gasteiger partial charge in [-0.3, -0.25) is 9.59 Å². The number of ketones is 1. The quantitative estimate of drug-likeness (QED) is 0.0271. The molecule has 149 heavy (non-hydrogen) atoms. The zero-order chi connectivity index (χ0) is 121. The third-order valence-electron chi connectivity index (χ3n) is 23.0. The number of hydrogen-bond donors (Lipinski definition) is 3. The summed E-state index contributed by atoms with van der Waals surface area (Å²) in [7, 11) is 0. The van der Waals surface area contributed by atoms with E-state index in [2.05, 4.69) is 492 Å². The first-order valence-corrected chi connectivity index (χ1v) is 60.0. The summed E-state index contributed by atoms with van der Waals surface area (Å²) < 4.78 is 12.4. The van der Waals surface area contributed by atoms with Gasteiger partial charge in [-0.2, -0.15) is 0 Å². The number of carboxylic acid groups (broad SMARTS) is 1. The first-order valence-electron chi connectivity index (χ1n) is 60.0. The molecular formula is C143H271FO5. The van der Waals surface area contributed by atoms with Crippen LogP contribution in [0.25, 0.3) is 21.9 Å². The zero-order valence-electron chi connectivity index (χ0n) is 112. The van der Waals surface area contributed by atoms with Crippen LogP contribution in [0.5, 0.6) is 0 Å². The third kappa shape index (κ3) is 184. The van der Waals surface area contributed by atoms with Crippen molar-refractivity contribution in [2.24, 2.45) is 118 Å². The Labute approximate surface area is 940 Å². The Hall–Kier alpha value is -6.39. The minimum Gasteiger partial charge on any atom is -0.481 e. The summed E-state index contributed by atoms with van der Waals surface area (Å²) in [5, 5.41) is 27.4. The van der Waals surface area contributed by atoms with E-state index in [0.29, 0.717) is 48.0 Å². The summed E-state index contributed by atoms with van der Waals surface area (Å²) in [5.74, 6) is 18.6. The van der Waals surface area contributed by atoms with Gasteiger partial charge >= 0.3 is 5.97 Å². The molecule has 2 unspecified atom stereocenters. The first kappa shape index (κ1) is 178. The first-order chi connectivity index (χ1) is 68.8. The van der Waals surface area contributed by atoms with Gasteiger partial charge in [-0.15, -0.1) is 12.3 Å². The van der Waals surface area contributed by atoms with Gasteiger partial charge in [0.2, 0.25) is 0 Å². The third-order valence-corrected chi connectivity index (χ3v) is 23.0. The second-order valence-electron chi connectivity index (χ2n) is 48.0. The summed E-state index contributed by atoms with van der Waals surface area (Å²) in [4.78, 5) is 19.8. The topological polar surface area (TPSA) is 94.8 Å². The Kier molecular flexibility index (Phi) is 156. The monoisotopic (exact) mass is 2090 g/mol. The number of benzene rings is 6. The van der Waals surface area contributed by atoms with Crippen LogP contribution in [0.3, 0.4) is 0 Å². The van der Waals surface area contributed by atoms with Gasteiger partial charge in [-0.25, -0.2) is 4.39 Å². The molecule has 0 bridgehead atoms. The maximum absolute atomic E-state index is 12.4. The van der Waals surface area contributed by atoms with Crippen molar-refractivity contribution in [1.82, 2.24) is 0 Å². The van der Waals surface area contributed by atoms with Crippen LogP contribution >= 0.6 is 0 Å². The van der Waals surface area contributed by atoms with Crippen LogP contribution in [0, 0.1) is 137 Å². The molecular weight excluding hydrogens is 1820 g/mol. The van der Waals surface area contributed by atoms with Gasteiger partial charge in [0.1, 0.15) is 11.6 Å². The summed E-state index contributed by atoms with van der Waals surface area (Å²) in [6.45, 7) is 131. The number of allylic oxidation sites excluding steroid dienone is 4. The Morgan fingerprint density at radius 2 is 0.584 bits per heavy atom. The molecule has 5 nitrogen and oxygen atoms in total. The van der Waals surface area contributed by atoms with Crippen LogP contribution in [-0.2, 0) is 9.59 Å². The minimum absolute atomic E-state index is 0.148. The second-order valence-corrected chi connectivity index (χ2v) is 48.0. The summed E-state index contributed by atoms with van der Waals surface area (Å²) in [6, 6.07) is 51.6. The van der Waals surface area contributed by atoms with Crippen LogP contribution in [0.4, 0.5) is 4.39 Å². The lowest BCUT2D eigenvalue weighted by molar-refractivity contribution is -0.140. The smallest absolute Gasteiger partial charge is 0.305 e. The zero-order valence-corrected chi connectivity index (χ0v) is 112. The number of halogens is 1. The van der Waals surface area contributed by atoms with E-state index in [1.165, 1.54) is 140 Å². The van der Waals surface area contributed by atoms with Crippen LogP contribution in [0.2, 0.25) is 0 Å². The number of aliphatic hydroxyl groups is 2. The summed E-state index contributed by atoms with van der Waals surface area (Å²) >= 11 is 0. The van der Waals surface area contributed by atoms with Crippen molar-refractivity contribution in [3.05, 3.63) is 204 Å². The summed E-state index contributed by atoms with van der Waals surface area (Å²) in [6.07, 6.45) is 31.7. The van der Waals surface area contributed by atoms with Gasteiger partial charge in [0.05, 0.1) is 12.0 Å². The fourth-order valence-electron chi connectivity index (χ4n) is 6.92. The fraction of sp³-hybridized carbons (Fsp3) is 0.706. The number of hydrogen-bond acceptors (Lipinski definition) is 4. The molecule has 0 fully saturated rings. The number of Topliss-reactive ketones (excluding diaryl/α,β-unsaturated/α-hetero) is 1. The number of rotatable bonds is 27. The van der Waals surface area contributed by atoms with Crippen molar-refractivity contribution >= 4 is 22.5 Å². The predicted octanol–water partition coefficient (Wildman–Crippen LogP) is 48.5. The molecule has 0 aliphatic heterocycles. The molecule has 0 saturated carbocycles. The number of carboxylic acids is 1. The maximum atomic E-state index is 12.4. The lowest BCUT2D eigenvalue weighted by Crippen LogP contribution is -2.07. The SMILES string of the molecule is C#CCC(C)C.C/C=C/C(C)C.CC(=O)C(C)C.CC(C)C.CC(C)C(=O)O.CC(C)C(C)C.CC(C)C(C)O.CC(C)CO.CC(C)c1ccc(-c2ccccc2)cc1.CC(C)c1ccc(F)cc1.CC(C)c1ccc2ccccc2c1.CC(C)c1ccccc1.CCC(C)C.CCC(C)C.CCC(C)C.CCC(C)C.CCC(C)C.CCC(C)C.CCC(C)C.CCC(C)C.CCC(C)C(C)C.CCCCC/C=C/C(C)C. The molecule has 0 aromatic heterocycles. The Balaban J connectivity index is -0.0000000899. The molecule has 6 heteroatoms. The van der Waals surface area contributed by atoms with Gasteiger partial charge in [0, 0.05) is 18.9 Å². The number of terminal acetylenes is 1. The number of carbonyl (C=O) groups is 2. The Morgan fingerprint density at radius 3 is 0.765 bits per heavy atom. The van der Waals surface area contributed by atoms with Crippen LogP contribution in [0.15, 0.2) is 176 Å². The molecule has 0 radical (unpaired) electrons. The van der Waals surface area contributed by atoms with Crippen LogP contribution < -0.4 is 0 Å². The molecule has 880 valence electrons. The molecule has 0 aliphatic rings. The fourth-order valence-corrected chi connectivity index (χ4v) is 6.92. The molecule has 3 N–H and O–H groups in total. The average Bonchev–Trinajstić information content (AvgIpc) is 0.848. The van der Waals surface area contributed by atoms with E-state index in [1.807, 2.05) is 72.7 Å². The highest BCUT2D eigenvalue weighted by Crippen LogP contribution is 2.24. The maximum Gasteiger partial charge on any atom is 0.305 e. The van der Waals surface area contributed by atoms with Gasteiger partial charge in [0.15, 0.2) is 0 Å². The highest BCUT2D eigenvalue weighted by molar-refractivity contribution is 5.83. The Morgan fingerprint density at radius 1 is 0.329 bits per heavy atom. The molecule has 0 aliphatic carbocycles. The molecule has 0 saturated heterocycles. The van der Waals surface area contributed by atoms with Crippen molar-refractivity contribution in [2.75, 3.05) is 6.61 Å². The van der Waals surface area contributed by atoms with Crippen molar-refractivity contribution < 1.29 is 29.3 Å². The normalized spacial score (nSPS) is 10.6. The van der Waals surface area contributed by atoms with Crippen molar-refractivity contribution in [1.29, 1.82) is 0 Å². The second kappa shape index (κ2) is 130. The highest BCUT2D eigenvalue weighted by atomic mass is 19.1. The van der Waals surface area contributed by atoms with E-state index >= 15 is 0 Å². The molecule has 6 aromatic rings. The lowest BCUT2D eigenvalue weighted by Gasteiger charge is -2.10. The number of unbranched alkanes of at least 4 members (excludes halogenated alkanes) is 3.